The summed E-state index contributed by atoms with van der Waals surface area (Å²) < 4.78 is 0. The Kier molecular flexibility index (Phi) is 4.26. The lowest BCUT2D eigenvalue weighted by atomic mass is 10.1. The van der Waals surface area contributed by atoms with Gasteiger partial charge < -0.3 is 11.1 Å². The second kappa shape index (κ2) is 5.47. The molecule has 1 aromatic rings. The van der Waals surface area contributed by atoms with Gasteiger partial charge in [0, 0.05) is 18.2 Å². The van der Waals surface area contributed by atoms with E-state index in [1.165, 1.54) is 6.08 Å². The number of hydrogen-bond acceptors (Lipinski definition) is 2. The first kappa shape index (κ1) is 12.5. The van der Waals surface area contributed by atoms with Gasteiger partial charge in [0.2, 0.25) is 5.91 Å². The van der Waals surface area contributed by atoms with Crippen molar-refractivity contribution in [1.82, 2.24) is 5.32 Å². The molecule has 1 aromatic carbocycles. The van der Waals surface area contributed by atoms with Crippen LogP contribution >= 0.6 is 0 Å². The molecule has 1 amide bonds. The van der Waals surface area contributed by atoms with Gasteiger partial charge in [-0.1, -0.05) is 30.3 Å². The van der Waals surface area contributed by atoms with Gasteiger partial charge in [0.1, 0.15) is 0 Å². The molecule has 3 heteroatoms. The van der Waals surface area contributed by atoms with Crippen molar-refractivity contribution >= 4 is 12.0 Å². The second-order valence-electron chi connectivity index (χ2n) is 4.32. The molecular formula is C13H18N2O. The summed E-state index contributed by atoms with van der Waals surface area (Å²) in [6, 6.07) is 9.69. The highest BCUT2D eigenvalue weighted by molar-refractivity contribution is 5.92. The summed E-state index contributed by atoms with van der Waals surface area (Å²) in [6.45, 7) is 4.19. The highest BCUT2D eigenvalue weighted by Crippen LogP contribution is 2.02. The first-order chi connectivity index (χ1) is 7.53. The van der Waals surface area contributed by atoms with E-state index < -0.39 is 0 Å². The minimum atomic E-state index is -0.363. The molecule has 0 aliphatic heterocycles. The Morgan fingerprint density at radius 2 is 2.00 bits per heavy atom. The van der Waals surface area contributed by atoms with Crippen LogP contribution in [-0.4, -0.2) is 18.0 Å². The van der Waals surface area contributed by atoms with Gasteiger partial charge in [-0.05, 0) is 25.5 Å². The molecule has 0 atom stereocenters. The van der Waals surface area contributed by atoms with Crippen LogP contribution in [0, 0.1) is 0 Å². The zero-order chi connectivity index (χ0) is 12.0. The number of nitrogens with two attached hydrogens (primary N) is 1. The van der Waals surface area contributed by atoms with Crippen LogP contribution < -0.4 is 11.1 Å². The van der Waals surface area contributed by atoms with Crippen molar-refractivity contribution < 1.29 is 4.79 Å². The van der Waals surface area contributed by atoms with Crippen LogP contribution in [0.5, 0.6) is 0 Å². The average Bonchev–Trinajstić information content (AvgIpc) is 2.27. The van der Waals surface area contributed by atoms with E-state index in [-0.39, 0.29) is 11.4 Å². The van der Waals surface area contributed by atoms with Crippen LogP contribution in [0.2, 0.25) is 0 Å². The number of benzene rings is 1. The smallest absolute Gasteiger partial charge is 0.244 e. The second-order valence-corrected chi connectivity index (χ2v) is 4.32. The molecule has 3 N–H and O–H groups in total. The van der Waals surface area contributed by atoms with Gasteiger partial charge in [-0.25, -0.2) is 0 Å². The number of carbonyl (C=O) groups is 1. The molecule has 0 aliphatic rings. The molecule has 0 spiro atoms. The zero-order valence-electron chi connectivity index (χ0n) is 9.73. The minimum absolute atomic E-state index is 0.126. The van der Waals surface area contributed by atoms with E-state index in [0.717, 1.165) is 5.56 Å². The number of carbonyl (C=O) groups excluding carboxylic acids is 1. The maximum atomic E-state index is 11.5. The Bertz CT molecular complexity index is 369. The fourth-order valence-electron chi connectivity index (χ4n) is 1.16. The molecule has 3 nitrogen and oxygen atoms in total. The van der Waals surface area contributed by atoms with Gasteiger partial charge in [0.05, 0.1) is 0 Å². The SMILES string of the molecule is CC(C)(CN)NC(=O)C=Cc1ccccc1. The first-order valence-corrected chi connectivity index (χ1v) is 5.29. The maximum absolute atomic E-state index is 11.5. The zero-order valence-corrected chi connectivity index (χ0v) is 9.73. The normalized spacial score (nSPS) is 11.7. The Balaban J connectivity index is 2.56. The van der Waals surface area contributed by atoms with Crippen molar-refractivity contribution in [1.29, 1.82) is 0 Å². The largest absolute Gasteiger partial charge is 0.346 e. The summed E-state index contributed by atoms with van der Waals surface area (Å²) in [7, 11) is 0. The molecule has 0 fully saturated rings. The van der Waals surface area contributed by atoms with Gasteiger partial charge in [0.15, 0.2) is 0 Å². The van der Waals surface area contributed by atoms with Crippen LogP contribution in [0.4, 0.5) is 0 Å². The Morgan fingerprint density at radius 1 is 1.38 bits per heavy atom. The first-order valence-electron chi connectivity index (χ1n) is 5.29. The summed E-state index contributed by atoms with van der Waals surface area (Å²) >= 11 is 0. The summed E-state index contributed by atoms with van der Waals surface area (Å²) in [5.41, 5.74) is 6.16. The number of nitrogens with one attached hydrogen (secondary N) is 1. The molecule has 16 heavy (non-hydrogen) atoms. The monoisotopic (exact) mass is 218 g/mol. The molecule has 0 unspecified atom stereocenters. The fraction of sp³-hybridized carbons (Fsp3) is 0.308. The van der Waals surface area contributed by atoms with Gasteiger partial charge in [-0.3, -0.25) is 4.79 Å². The number of hydrogen-bond donors (Lipinski definition) is 2. The highest BCUT2D eigenvalue weighted by Gasteiger charge is 2.16. The van der Waals surface area contributed by atoms with Crippen molar-refractivity contribution in [2.45, 2.75) is 19.4 Å². The summed E-state index contributed by atoms with van der Waals surface area (Å²) in [5, 5.41) is 2.83. The molecule has 1 rings (SSSR count). The lowest BCUT2D eigenvalue weighted by Crippen LogP contribution is -2.48. The summed E-state index contributed by atoms with van der Waals surface area (Å²) in [4.78, 5) is 11.5. The third-order valence-electron chi connectivity index (χ3n) is 2.20. The molecule has 0 saturated carbocycles. The van der Waals surface area contributed by atoms with Crippen molar-refractivity contribution in [3.05, 3.63) is 42.0 Å². The van der Waals surface area contributed by atoms with E-state index in [4.69, 9.17) is 5.73 Å². The maximum Gasteiger partial charge on any atom is 0.244 e. The fourth-order valence-corrected chi connectivity index (χ4v) is 1.16. The predicted molar refractivity (Wildman–Crippen MR) is 66.8 cm³/mol. The van der Waals surface area contributed by atoms with Crippen LogP contribution in [0.15, 0.2) is 36.4 Å². The van der Waals surface area contributed by atoms with Gasteiger partial charge >= 0.3 is 0 Å². The van der Waals surface area contributed by atoms with Crippen LogP contribution in [0.3, 0.4) is 0 Å². The van der Waals surface area contributed by atoms with E-state index >= 15 is 0 Å². The highest BCUT2D eigenvalue weighted by atomic mass is 16.1. The van der Waals surface area contributed by atoms with E-state index in [2.05, 4.69) is 5.32 Å². The van der Waals surface area contributed by atoms with Crippen molar-refractivity contribution in [3.8, 4) is 0 Å². The third-order valence-corrected chi connectivity index (χ3v) is 2.20. The Labute approximate surface area is 96.3 Å². The van der Waals surface area contributed by atoms with Gasteiger partial charge in [-0.2, -0.15) is 0 Å². The standard InChI is InChI=1S/C13H18N2O/c1-13(2,10-14)15-12(16)9-8-11-6-4-3-5-7-11/h3-9H,10,14H2,1-2H3,(H,15,16). The molecule has 0 heterocycles. The number of rotatable bonds is 4. The Hall–Kier alpha value is -1.61. The van der Waals surface area contributed by atoms with E-state index in [1.54, 1.807) is 6.08 Å². The lowest BCUT2D eigenvalue weighted by Gasteiger charge is -2.23. The topological polar surface area (TPSA) is 55.1 Å². The van der Waals surface area contributed by atoms with E-state index in [9.17, 15) is 4.79 Å². The van der Waals surface area contributed by atoms with Crippen LogP contribution in [0.25, 0.3) is 6.08 Å². The van der Waals surface area contributed by atoms with Gasteiger partial charge in [0.25, 0.3) is 0 Å². The molecule has 86 valence electrons. The molecular weight excluding hydrogens is 200 g/mol. The Morgan fingerprint density at radius 3 is 2.56 bits per heavy atom. The van der Waals surface area contributed by atoms with Gasteiger partial charge in [-0.15, -0.1) is 0 Å². The van der Waals surface area contributed by atoms with Crippen LogP contribution in [0.1, 0.15) is 19.4 Å². The summed E-state index contributed by atoms with van der Waals surface area (Å²) in [5.74, 6) is -0.126. The predicted octanol–water partition coefficient (Wildman–Crippen LogP) is 1.55. The summed E-state index contributed by atoms with van der Waals surface area (Å²) in [6.07, 6.45) is 3.30. The molecule has 0 bridgehead atoms. The third kappa shape index (κ3) is 4.28. The van der Waals surface area contributed by atoms with E-state index in [1.807, 2.05) is 44.2 Å². The average molecular weight is 218 g/mol. The minimum Gasteiger partial charge on any atom is -0.346 e. The van der Waals surface area contributed by atoms with Crippen molar-refractivity contribution in [2.24, 2.45) is 5.73 Å². The van der Waals surface area contributed by atoms with E-state index in [0.29, 0.717) is 6.54 Å². The molecule has 0 aromatic heterocycles. The molecule has 0 aliphatic carbocycles. The van der Waals surface area contributed by atoms with Crippen LogP contribution in [-0.2, 0) is 4.79 Å². The molecule has 0 radical (unpaired) electrons. The van der Waals surface area contributed by atoms with Crippen molar-refractivity contribution in [3.63, 3.8) is 0 Å². The van der Waals surface area contributed by atoms with Crippen molar-refractivity contribution in [2.75, 3.05) is 6.54 Å². The molecule has 0 saturated heterocycles. The number of amides is 1. The lowest BCUT2D eigenvalue weighted by molar-refractivity contribution is -0.117. The quantitative estimate of drug-likeness (QED) is 0.753.